The van der Waals surface area contributed by atoms with Crippen LogP contribution < -0.4 is 0 Å². The van der Waals surface area contributed by atoms with E-state index in [0.717, 1.165) is 18.7 Å². The van der Waals surface area contributed by atoms with Crippen LogP contribution in [0, 0.1) is 6.92 Å². The average Bonchev–Trinajstić information content (AvgIpc) is 2.40. The predicted molar refractivity (Wildman–Crippen MR) is 81.5 cm³/mol. The summed E-state index contributed by atoms with van der Waals surface area (Å²) in [5, 5.41) is 19.2. The van der Waals surface area contributed by atoms with Crippen LogP contribution in [0.5, 0.6) is 5.75 Å². The highest BCUT2D eigenvalue weighted by molar-refractivity contribution is 5.95. The van der Waals surface area contributed by atoms with Crippen molar-refractivity contribution in [2.75, 3.05) is 26.2 Å². The van der Waals surface area contributed by atoms with Gasteiger partial charge in [0, 0.05) is 37.8 Å². The first-order chi connectivity index (χ1) is 9.88. The second-order valence-electron chi connectivity index (χ2n) is 5.96. The fraction of sp³-hybridized carbons (Fsp3) is 0.562. The van der Waals surface area contributed by atoms with Crippen LogP contribution in [0.1, 0.15) is 29.8 Å². The van der Waals surface area contributed by atoms with Gasteiger partial charge in [-0.1, -0.05) is 6.07 Å². The highest BCUT2D eigenvalue weighted by Gasteiger charge is 2.28. The van der Waals surface area contributed by atoms with Crippen molar-refractivity contribution in [2.45, 2.75) is 32.9 Å². The summed E-state index contributed by atoms with van der Waals surface area (Å²) >= 11 is 0. The fourth-order valence-electron chi connectivity index (χ4n) is 2.78. The summed E-state index contributed by atoms with van der Waals surface area (Å²) in [6.07, 6.45) is -0.353. The number of nitrogens with zero attached hydrogens (tertiary/aromatic N) is 2. The largest absolute Gasteiger partial charge is 0.508 e. The molecule has 116 valence electrons. The molecule has 5 nitrogen and oxygen atoms in total. The van der Waals surface area contributed by atoms with E-state index < -0.39 is 0 Å². The van der Waals surface area contributed by atoms with Crippen LogP contribution in [0.15, 0.2) is 18.2 Å². The number of benzene rings is 1. The number of hydrogen-bond donors (Lipinski definition) is 2. The highest BCUT2D eigenvalue weighted by atomic mass is 16.3. The first-order valence-corrected chi connectivity index (χ1v) is 7.39. The molecule has 1 amide bonds. The van der Waals surface area contributed by atoms with E-state index in [-0.39, 0.29) is 23.8 Å². The van der Waals surface area contributed by atoms with Gasteiger partial charge < -0.3 is 15.1 Å². The van der Waals surface area contributed by atoms with Gasteiger partial charge in [-0.2, -0.15) is 0 Å². The number of rotatable bonds is 3. The standard InChI is InChI=1S/C16H24N2O3/c1-11-4-5-14(8-15(11)20)16(21)18-7-6-17(9-12(18)2)10-13(3)19/h4-5,8,12-13,19-20H,6-7,9-10H2,1-3H3. The lowest BCUT2D eigenvalue weighted by atomic mass is 10.1. The Morgan fingerprint density at radius 3 is 2.71 bits per heavy atom. The molecule has 0 bridgehead atoms. The Labute approximate surface area is 125 Å². The van der Waals surface area contributed by atoms with Gasteiger partial charge in [0.1, 0.15) is 5.75 Å². The first kappa shape index (κ1) is 15.8. The number of phenols is 1. The molecule has 0 spiro atoms. The molecular weight excluding hydrogens is 268 g/mol. The van der Waals surface area contributed by atoms with Crippen LogP contribution >= 0.6 is 0 Å². The van der Waals surface area contributed by atoms with Gasteiger partial charge >= 0.3 is 0 Å². The third-order valence-electron chi connectivity index (χ3n) is 3.95. The molecule has 5 heteroatoms. The maximum absolute atomic E-state index is 12.5. The Kier molecular flexibility index (Phi) is 4.85. The monoisotopic (exact) mass is 292 g/mol. The van der Waals surface area contributed by atoms with Gasteiger partial charge in [-0.25, -0.2) is 0 Å². The lowest BCUT2D eigenvalue weighted by molar-refractivity contribution is 0.0382. The molecule has 0 aliphatic carbocycles. The van der Waals surface area contributed by atoms with Gasteiger partial charge in [-0.3, -0.25) is 9.69 Å². The molecule has 0 saturated carbocycles. The van der Waals surface area contributed by atoms with E-state index in [1.807, 2.05) is 11.8 Å². The van der Waals surface area contributed by atoms with Crippen molar-refractivity contribution in [1.82, 2.24) is 9.80 Å². The maximum atomic E-state index is 12.5. The fourth-order valence-corrected chi connectivity index (χ4v) is 2.78. The Morgan fingerprint density at radius 2 is 2.14 bits per heavy atom. The van der Waals surface area contributed by atoms with Crippen LogP contribution in [0.2, 0.25) is 0 Å². The summed E-state index contributed by atoms with van der Waals surface area (Å²) in [5.41, 5.74) is 1.29. The highest BCUT2D eigenvalue weighted by Crippen LogP contribution is 2.20. The maximum Gasteiger partial charge on any atom is 0.254 e. The molecule has 21 heavy (non-hydrogen) atoms. The molecule has 1 aromatic carbocycles. The number of aromatic hydroxyl groups is 1. The van der Waals surface area contributed by atoms with Crippen molar-refractivity contribution >= 4 is 5.91 Å². The third-order valence-corrected chi connectivity index (χ3v) is 3.95. The number of β-amino-alcohol motifs (C(OH)–C–C–N with tert-alkyl or cyclic N) is 1. The van der Waals surface area contributed by atoms with Crippen LogP contribution in [-0.4, -0.2) is 64.2 Å². The minimum Gasteiger partial charge on any atom is -0.508 e. The molecule has 2 rings (SSSR count). The lowest BCUT2D eigenvalue weighted by Gasteiger charge is -2.40. The van der Waals surface area contributed by atoms with Crippen molar-refractivity contribution in [1.29, 1.82) is 0 Å². The zero-order valence-corrected chi connectivity index (χ0v) is 12.9. The van der Waals surface area contributed by atoms with Gasteiger partial charge in [0.05, 0.1) is 6.10 Å². The van der Waals surface area contributed by atoms with Gasteiger partial charge in [0.25, 0.3) is 5.91 Å². The number of aliphatic hydroxyl groups is 1. The molecule has 1 aromatic rings. The zero-order valence-electron chi connectivity index (χ0n) is 12.9. The molecule has 0 aromatic heterocycles. The molecular formula is C16H24N2O3. The molecule has 2 N–H and O–H groups in total. The summed E-state index contributed by atoms with van der Waals surface area (Å²) in [7, 11) is 0. The number of phenolic OH excluding ortho intramolecular Hbond substituents is 1. The number of piperazine rings is 1. The third kappa shape index (κ3) is 3.74. The average molecular weight is 292 g/mol. The van der Waals surface area contributed by atoms with E-state index in [1.165, 1.54) is 6.07 Å². The van der Waals surface area contributed by atoms with Crippen LogP contribution in [-0.2, 0) is 0 Å². The smallest absolute Gasteiger partial charge is 0.254 e. The molecule has 1 aliphatic heterocycles. The molecule has 2 unspecified atom stereocenters. The Morgan fingerprint density at radius 1 is 1.43 bits per heavy atom. The van der Waals surface area contributed by atoms with E-state index in [9.17, 15) is 15.0 Å². The van der Waals surface area contributed by atoms with Crippen LogP contribution in [0.25, 0.3) is 0 Å². The van der Waals surface area contributed by atoms with E-state index in [2.05, 4.69) is 4.90 Å². The van der Waals surface area contributed by atoms with Crippen LogP contribution in [0.3, 0.4) is 0 Å². The van der Waals surface area contributed by atoms with E-state index >= 15 is 0 Å². The second-order valence-corrected chi connectivity index (χ2v) is 5.96. The van der Waals surface area contributed by atoms with Gasteiger partial charge in [-0.05, 0) is 38.5 Å². The minimum absolute atomic E-state index is 0.0468. The molecule has 1 heterocycles. The van der Waals surface area contributed by atoms with Crippen molar-refractivity contribution in [3.63, 3.8) is 0 Å². The SMILES string of the molecule is Cc1ccc(C(=O)N2CCN(CC(C)O)CC2C)cc1O. The quantitative estimate of drug-likeness (QED) is 0.879. The summed E-state index contributed by atoms with van der Waals surface area (Å²) in [5.74, 6) is 0.107. The topological polar surface area (TPSA) is 64.0 Å². The molecule has 2 atom stereocenters. The molecule has 1 fully saturated rings. The summed E-state index contributed by atoms with van der Waals surface area (Å²) in [4.78, 5) is 16.6. The minimum atomic E-state index is -0.353. The number of hydrogen-bond acceptors (Lipinski definition) is 4. The van der Waals surface area contributed by atoms with Crippen molar-refractivity contribution < 1.29 is 15.0 Å². The van der Waals surface area contributed by atoms with Crippen molar-refractivity contribution in [2.24, 2.45) is 0 Å². The summed E-state index contributed by atoms with van der Waals surface area (Å²) in [6, 6.07) is 5.14. The molecule has 1 saturated heterocycles. The molecule has 1 aliphatic rings. The van der Waals surface area contributed by atoms with Crippen molar-refractivity contribution in [3.8, 4) is 5.75 Å². The number of carbonyl (C=O) groups excluding carboxylic acids is 1. The first-order valence-electron chi connectivity index (χ1n) is 7.39. The van der Waals surface area contributed by atoms with Gasteiger partial charge in [0.15, 0.2) is 0 Å². The Bertz CT molecular complexity index is 516. The number of amides is 1. The van der Waals surface area contributed by atoms with Gasteiger partial charge in [0.2, 0.25) is 0 Å². The second kappa shape index (κ2) is 6.45. The molecule has 0 radical (unpaired) electrons. The lowest BCUT2D eigenvalue weighted by Crippen LogP contribution is -2.55. The van der Waals surface area contributed by atoms with E-state index in [0.29, 0.717) is 18.7 Å². The van der Waals surface area contributed by atoms with Crippen LogP contribution in [0.4, 0.5) is 0 Å². The predicted octanol–water partition coefficient (Wildman–Crippen LogP) is 1.23. The Balaban J connectivity index is 2.05. The van der Waals surface area contributed by atoms with Crippen molar-refractivity contribution in [3.05, 3.63) is 29.3 Å². The van der Waals surface area contributed by atoms with Gasteiger partial charge in [-0.15, -0.1) is 0 Å². The Hall–Kier alpha value is -1.59. The summed E-state index contributed by atoms with van der Waals surface area (Å²) in [6.45, 7) is 8.39. The summed E-state index contributed by atoms with van der Waals surface area (Å²) < 4.78 is 0. The zero-order chi connectivity index (χ0) is 15.6. The van der Waals surface area contributed by atoms with E-state index in [1.54, 1.807) is 26.0 Å². The number of aryl methyl sites for hydroxylation is 1. The number of carbonyl (C=O) groups is 1. The van der Waals surface area contributed by atoms with E-state index in [4.69, 9.17) is 0 Å². The number of aliphatic hydroxyl groups excluding tert-OH is 1. The normalized spacial score (nSPS) is 21.3.